The van der Waals surface area contributed by atoms with Gasteiger partial charge in [-0.05, 0) is 50.3 Å². The third-order valence-electron chi connectivity index (χ3n) is 6.21. The van der Waals surface area contributed by atoms with E-state index < -0.39 is 0 Å². The van der Waals surface area contributed by atoms with Crippen LogP contribution in [0.25, 0.3) is 0 Å². The van der Waals surface area contributed by atoms with Gasteiger partial charge in [0, 0.05) is 58.3 Å². The van der Waals surface area contributed by atoms with Crippen LogP contribution >= 0.6 is 0 Å². The predicted octanol–water partition coefficient (Wildman–Crippen LogP) is 1.59. The van der Waals surface area contributed by atoms with Crippen LogP contribution < -0.4 is 0 Å². The zero-order chi connectivity index (χ0) is 17.7. The van der Waals surface area contributed by atoms with Gasteiger partial charge in [0.2, 0.25) is 0 Å². The second-order valence-corrected chi connectivity index (χ2v) is 7.53. The van der Waals surface area contributed by atoms with Gasteiger partial charge in [-0.3, -0.25) is 4.79 Å². The lowest BCUT2D eigenvalue weighted by atomic mass is 9.64. The molecule has 0 aromatic carbocycles. The van der Waals surface area contributed by atoms with Crippen molar-refractivity contribution in [2.24, 2.45) is 11.3 Å². The van der Waals surface area contributed by atoms with E-state index in [1.165, 1.54) is 0 Å². The number of amides is 1. The van der Waals surface area contributed by atoms with Crippen molar-refractivity contribution >= 4 is 5.91 Å². The molecule has 25 heavy (non-hydrogen) atoms. The quantitative estimate of drug-likeness (QED) is 0.765. The molecule has 0 saturated carbocycles. The van der Waals surface area contributed by atoms with Crippen LogP contribution in [0.5, 0.6) is 0 Å². The summed E-state index contributed by atoms with van der Waals surface area (Å²) in [7, 11) is 1.75. The van der Waals surface area contributed by atoms with Gasteiger partial charge in [0.25, 0.3) is 5.91 Å². The normalized spacial score (nSPS) is 23.9. The number of ether oxygens (including phenoxy) is 1. The number of aliphatic hydroxyl groups is 1. The van der Waals surface area contributed by atoms with Crippen LogP contribution in [-0.4, -0.2) is 78.8 Å². The van der Waals surface area contributed by atoms with Gasteiger partial charge in [-0.2, -0.15) is 0 Å². The first-order chi connectivity index (χ1) is 12.2. The summed E-state index contributed by atoms with van der Waals surface area (Å²) in [5.74, 6) is 0.261. The first-order valence-electron chi connectivity index (χ1n) is 9.43. The molecule has 140 valence electrons. The molecule has 0 bridgehead atoms. The minimum Gasteiger partial charge on any atom is -0.396 e. The molecule has 0 aliphatic carbocycles. The van der Waals surface area contributed by atoms with E-state index in [-0.39, 0.29) is 23.8 Å². The lowest BCUT2D eigenvalue weighted by Crippen LogP contribution is -2.54. The van der Waals surface area contributed by atoms with Crippen molar-refractivity contribution in [3.63, 3.8) is 0 Å². The minimum absolute atomic E-state index is 0.0755. The number of aliphatic hydroxyl groups excluding tert-OH is 1. The van der Waals surface area contributed by atoms with Crippen molar-refractivity contribution in [2.45, 2.75) is 25.7 Å². The SMILES string of the molecule is COCCCN1CCC2(CC1)CCN(C(=O)c1cc[nH]c1)C[C@H]2CO. The molecular formula is C19H31N3O3. The number of piperidine rings is 2. The Morgan fingerprint density at radius 1 is 1.36 bits per heavy atom. The Balaban J connectivity index is 1.56. The molecule has 1 amide bonds. The van der Waals surface area contributed by atoms with Gasteiger partial charge in [0.05, 0.1) is 5.56 Å². The lowest BCUT2D eigenvalue weighted by molar-refractivity contribution is -0.0358. The Labute approximate surface area is 150 Å². The van der Waals surface area contributed by atoms with E-state index in [2.05, 4.69) is 9.88 Å². The summed E-state index contributed by atoms with van der Waals surface area (Å²) in [5.41, 5.74) is 0.905. The number of rotatable bonds is 6. The van der Waals surface area contributed by atoms with E-state index >= 15 is 0 Å². The third kappa shape index (κ3) is 4.07. The lowest BCUT2D eigenvalue weighted by Gasteiger charge is -2.51. The second kappa shape index (κ2) is 8.34. The summed E-state index contributed by atoms with van der Waals surface area (Å²) in [6.45, 7) is 5.72. The average molecular weight is 349 g/mol. The smallest absolute Gasteiger partial charge is 0.255 e. The van der Waals surface area contributed by atoms with Crippen molar-refractivity contribution in [1.82, 2.24) is 14.8 Å². The molecule has 3 heterocycles. The number of aromatic nitrogens is 1. The fourth-order valence-corrected chi connectivity index (χ4v) is 4.50. The van der Waals surface area contributed by atoms with Crippen molar-refractivity contribution in [2.75, 3.05) is 53.0 Å². The summed E-state index contributed by atoms with van der Waals surface area (Å²) >= 11 is 0. The van der Waals surface area contributed by atoms with Crippen molar-refractivity contribution < 1.29 is 14.6 Å². The van der Waals surface area contributed by atoms with Crippen molar-refractivity contribution in [1.29, 1.82) is 0 Å². The number of H-pyrrole nitrogens is 1. The Bertz CT molecular complexity index is 538. The number of hydrogen-bond donors (Lipinski definition) is 2. The first-order valence-corrected chi connectivity index (χ1v) is 9.43. The molecular weight excluding hydrogens is 318 g/mol. The molecule has 2 N–H and O–H groups in total. The van der Waals surface area contributed by atoms with Gasteiger partial charge in [0.15, 0.2) is 0 Å². The van der Waals surface area contributed by atoms with E-state index in [1.54, 1.807) is 19.5 Å². The Morgan fingerprint density at radius 3 is 2.76 bits per heavy atom. The highest BCUT2D eigenvalue weighted by Crippen LogP contribution is 2.45. The van der Waals surface area contributed by atoms with Crippen LogP contribution in [-0.2, 0) is 4.74 Å². The Morgan fingerprint density at radius 2 is 2.12 bits per heavy atom. The van der Waals surface area contributed by atoms with Crippen molar-refractivity contribution in [3.05, 3.63) is 24.0 Å². The van der Waals surface area contributed by atoms with Gasteiger partial charge in [-0.25, -0.2) is 0 Å². The number of carbonyl (C=O) groups is 1. The molecule has 2 fully saturated rings. The minimum atomic E-state index is 0.0755. The second-order valence-electron chi connectivity index (χ2n) is 7.53. The summed E-state index contributed by atoms with van der Waals surface area (Å²) < 4.78 is 5.14. The molecule has 1 aromatic rings. The van der Waals surface area contributed by atoms with Gasteiger partial charge >= 0.3 is 0 Å². The van der Waals surface area contributed by atoms with E-state index in [1.807, 2.05) is 11.0 Å². The number of hydrogen-bond acceptors (Lipinski definition) is 4. The fourth-order valence-electron chi connectivity index (χ4n) is 4.50. The molecule has 1 spiro atoms. The van der Waals surface area contributed by atoms with E-state index in [9.17, 15) is 9.90 Å². The number of methoxy groups -OCH3 is 1. The molecule has 1 atom stereocenters. The Hall–Kier alpha value is -1.37. The summed E-state index contributed by atoms with van der Waals surface area (Å²) in [4.78, 5) is 20.0. The maximum atomic E-state index is 12.6. The number of aromatic amines is 1. The van der Waals surface area contributed by atoms with E-state index in [0.717, 1.165) is 58.5 Å². The van der Waals surface area contributed by atoms with Gasteiger partial charge < -0.3 is 24.6 Å². The summed E-state index contributed by atoms with van der Waals surface area (Å²) in [6, 6.07) is 1.82. The molecule has 0 unspecified atom stereocenters. The summed E-state index contributed by atoms with van der Waals surface area (Å²) in [6.07, 6.45) is 7.85. The monoisotopic (exact) mass is 349 g/mol. The zero-order valence-electron chi connectivity index (χ0n) is 15.2. The highest BCUT2D eigenvalue weighted by atomic mass is 16.5. The molecule has 2 aliphatic heterocycles. The van der Waals surface area contributed by atoms with Crippen LogP contribution in [0, 0.1) is 11.3 Å². The van der Waals surface area contributed by atoms with Gasteiger partial charge in [-0.1, -0.05) is 0 Å². The number of carbonyl (C=O) groups excluding carboxylic acids is 1. The van der Waals surface area contributed by atoms with Crippen LogP contribution in [0.3, 0.4) is 0 Å². The number of nitrogens with zero attached hydrogens (tertiary/aromatic N) is 2. The highest BCUT2D eigenvalue weighted by Gasteiger charge is 2.45. The molecule has 6 nitrogen and oxygen atoms in total. The van der Waals surface area contributed by atoms with Crippen LogP contribution in [0.2, 0.25) is 0 Å². The van der Waals surface area contributed by atoms with Crippen LogP contribution in [0.1, 0.15) is 36.0 Å². The van der Waals surface area contributed by atoms with Gasteiger partial charge in [0.1, 0.15) is 0 Å². The average Bonchev–Trinajstić information content (AvgIpc) is 3.18. The van der Waals surface area contributed by atoms with Crippen LogP contribution in [0.15, 0.2) is 18.5 Å². The highest BCUT2D eigenvalue weighted by molar-refractivity contribution is 5.94. The molecule has 0 radical (unpaired) electrons. The number of likely N-dealkylation sites (tertiary alicyclic amines) is 2. The maximum absolute atomic E-state index is 12.6. The molecule has 2 aliphatic rings. The number of nitrogens with one attached hydrogen (secondary N) is 1. The topological polar surface area (TPSA) is 68.8 Å². The predicted molar refractivity (Wildman–Crippen MR) is 96.5 cm³/mol. The molecule has 3 rings (SSSR count). The van der Waals surface area contributed by atoms with Gasteiger partial charge in [-0.15, -0.1) is 0 Å². The Kier molecular flexibility index (Phi) is 6.15. The molecule has 6 heteroatoms. The van der Waals surface area contributed by atoms with Crippen LogP contribution in [0.4, 0.5) is 0 Å². The summed E-state index contributed by atoms with van der Waals surface area (Å²) in [5, 5.41) is 10.0. The standard InChI is InChI=1S/C19H31N3O3/c1-25-12-2-8-21-9-4-19(5-10-21)6-11-22(14-17(19)15-23)18(24)16-3-7-20-13-16/h3,7,13,17,20,23H,2,4-6,8-12,14-15H2,1H3/t17-/m0/s1. The van der Waals surface area contributed by atoms with E-state index in [0.29, 0.717) is 12.1 Å². The largest absolute Gasteiger partial charge is 0.396 e. The van der Waals surface area contributed by atoms with E-state index in [4.69, 9.17) is 4.74 Å². The molecule has 1 aromatic heterocycles. The maximum Gasteiger partial charge on any atom is 0.255 e. The zero-order valence-corrected chi connectivity index (χ0v) is 15.2. The first kappa shape index (κ1) is 18.4. The fraction of sp³-hybridized carbons (Fsp3) is 0.737. The third-order valence-corrected chi connectivity index (χ3v) is 6.21. The van der Waals surface area contributed by atoms with Crippen molar-refractivity contribution in [3.8, 4) is 0 Å². The molecule has 2 saturated heterocycles.